The molecule has 3 rings (SSSR count). The number of carbonyl (C=O) groups is 1. The third kappa shape index (κ3) is 3.24. The first-order valence-electron chi connectivity index (χ1n) is 8.23. The molecule has 2 aliphatic rings. The fourth-order valence-corrected chi connectivity index (χ4v) is 4.22. The molecule has 1 aromatic heterocycles. The van der Waals surface area contributed by atoms with Gasteiger partial charge in [-0.15, -0.1) is 10.2 Å². The van der Waals surface area contributed by atoms with Gasteiger partial charge in [-0.1, -0.05) is 0 Å². The van der Waals surface area contributed by atoms with Crippen LogP contribution in [0.15, 0.2) is 0 Å². The topological polar surface area (TPSA) is 63.1 Å². The van der Waals surface area contributed by atoms with Crippen LogP contribution in [0.4, 0.5) is 4.79 Å². The van der Waals surface area contributed by atoms with Gasteiger partial charge in [0.05, 0.1) is 6.04 Å². The highest BCUT2D eigenvalue weighted by atomic mass is 32.2. The number of urea groups is 1. The molecule has 2 amide bonds. The van der Waals surface area contributed by atoms with Crippen molar-refractivity contribution in [1.82, 2.24) is 25.0 Å². The molecule has 0 radical (unpaired) electrons. The average molecular weight is 323 g/mol. The zero-order valence-electron chi connectivity index (χ0n) is 13.4. The van der Waals surface area contributed by atoms with Crippen molar-refractivity contribution in [3.63, 3.8) is 0 Å². The van der Waals surface area contributed by atoms with Crippen LogP contribution in [0.1, 0.15) is 50.8 Å². The number of hydrogen-bond donors (Lipinski definition) is 1. The van der Waals surface area contributed by atoms with Crippen molar-refractivity contribution in [2.24, 2.45) is 0 Å². The molecule has 122 valence electrons. The third-order valence-electron chi connectivity index (χ3n) is 4.56. The first kappa shape index (κ1) is 15.6. The van der Waals surface area contributed by atoms with Crippen LogP contribution in [-0.4, -0.2) is 49.8 Å². The van der Waals surface area contributed by atoms with Gasteiger partial charge in [-0.25, -0.2) is 4.79 Å². The molecule has 1 saturated heterocycles. The van der Waals surface area contributed by atoms with E-state index >= 15 is 0 Å². The molecular formula is C15H25N5OS. The van der Waals surface area contributed by atoms with Crippen LogP contribution in [0.5, 0.6) is 0 Å². The zero-order chi connectivity index (χ0) is 15.5. The van der Waals surface area contributed by atoms with Crippen molar-refractivity contribution in [2.45, 2.75) is 58.2 Å². The molecule has 0 bridgehead atoms. The van der Waals surface area contributed by atoms with Crippen LogP contribution in [-0.2, 0) is 13.0 Å². The van der Waals surface area contributed by atoms with Crippen LogP contribution in [0.2, 0.25) is 0 Å². The fourth-order valence-electron chi connectivity index (χ4n) is 3.18. The highest BCUT2D eigenvalue weighted by molar-refractivity contribution is 7.99. The summed E-state index contributed by atoms with van der Waals surface area (Å²) >= 11 is 1.93. The van der Waals surface area contributed by atoms with E-state index in [1.807, 2.05) is 23.6 Å². The SMILES string of the molecule is C[C@H](NC(=O)N1CCSCC[C@H]1C)c1nnc2n1CCCC2. The summed E-state index contributed by atoms with van der Waals surface area (Å²) in [6.07, 6.45) is 4.40. The number of carbonyl (C=O) groups excluding carboxylic acids is 1. The number of hydrogen-bond acceptors (Lipinski definition) is 4. The van der Waals surface area contributed by atoms with Crippen LogP contribution in [0.3, 0.4) is 0 Å². The van der Waals surface area contributed by atoms with Crippen LogP contribution < -0.4 is 5.32 Å². The van der Waals surface area contributed by atoms with Gasteiger partial charge in [-0.2, -0.15) is 11.8 Å². The summed E-state index contributed by atoms with van der Waals surface area (Å²) in [5.74, 6) is 4.10. The highest BCUT2D eigenvalue weighted by Crippen LogP contribution is 2.20. The lowest BCUT2D eigenvalue weighted by atomic mass is 10.1. The van der Waals surface area contributed by atoms with E-state index in [4.69, 9.17) is 0 Å². The summed E-state index contributed by atoms with van der Waals surface area (Å²) in [7, 11) is 0. The molecule has 3 heterocycles. The fraction of sp³-hybridized carbons (Fsp3) is 0.800. The van der Waals surface area contributed by atoms with Gasteiger partial charge >= 0.3 is 6.03 Å². The summed E-state index contributed by atoms with van der Waals surface area (Å²) in [5.41, 5.74) is 0. The standard InChI is InChI=1S/C15H25N5OS/c1-11-6-9-22-10-8-19(11)15(21)16-12(2)14-18-17-13-5-3-4-7-20(13)14/h11-12H,3-10H2,1-2H3,(H,16,21)/t11-,12+/m1/s1. The van der Waals surface area contributed by atoms with Crippen molar-refractivity contribution in [3.8, 4) is 0 Å². The molecule has 0 spiro atoms. The first-order valence-corrected chi connectivity index (χ1v) is 9.39. The van der Waals surface area contributed by atoms with Gasteiger partial charge in [0.2, 0.25) is 0 Å². The van der Waals surface area contributed by atoms with Crippen molar-refractivity contribution in [3.05, 3.63) is 11.6 Å². The van der Waals surface area contributed by atoms with Crippen molar-refractivity contribution < 1.29 is 4.79 Å². The largest absolute Gasteiger partial charge is 0.328 e. The monoisotopic (exact) mass is 323 g/mol. The summed E-state index contributed by atoms with van der Waals surface area (Å²) in [6.45, 7) is 5.92. The number of nitrogens with zero attached hydrogens (tertiary/aromatic N) is 4. The first-order chi connectivity index (χ1) is 10.7. The van der Waals surface area contributed by atoms with Crippen LogP contribution in [0, 0.1) is 0 Å². The minimum absolute atomic E-state index is 0.0238. The molecule has 1 aromatic rings. The number of amides is 2. The Morgan fingerprint density at radius 3 is 3.05 bits per heavy atom. The van der Waals surface area contributed by atoms with Crippen molar-refractivity contribution >= 4 is 17.8 Å². The summed E-state index contributed by atoms with van der Waals surface area (Å²) in [6, 6.07) is 0.222. The van der Waals surface area contributed by atoms with Crippen LogP contribution >= 0.6 is 11.8 Å². The van der Waals surface area contributed by atoms with E-state index in [0.29, 0.717) is 6.04 Å². The predicted octanol–water partition coefficient (Wildman–Crippen LogP) is 2.21. The molecule has 0 unspecified atom stereocenters. The summed E-state index contributed by atoms with van der Waals surface area (Å²) < 4.78 is 2.18. The number of nitrogens with one attached hydrogen (secondary N) is 1. The molecule has 0 saturated carbocycles. The Morgan fingerprint density at radius 1 is 1.32 bits per heavy atom. The summed E-state index contributed by atoms with van der Waals surface area (Å²) in [5, 5.41) is 11.7. The Kier molecular flexibility index (Phi) is 4.90. The maximum absolute atomic E-state index is 12.6. The smallest absolute Gasteiger partial charge is 0.318 e. The second-order valence-corrected chi connectivity index (χ2v) is 7.42. The van der Waals surface area contributed by atoms with Crippen LogP contribution in [0.25, 0.3) is 0 Å². The molecule has 2 aliphatic heterocycles. The third-order valence-corrected chi connectivity index (χ3v) is 5.56. The molecule has 1 fully saturated rings. The maximum atomic E-state index is 12.6. The molecule has 22 heavy (non-hydrogen) atoms. The minimum atomic E-state index is -0.102. The van der Waals surface area contributed by atoms with E-state index in [2.05, 4.69) is 27.0 Å². The lowest BCUT2D eigenvalue weighted by Gasteiger charge is -2.28. The number of aromatic nitrogens is 3. The molecule has 7 heteroatoms. The van der Waals surface area contributed by atoms with E-state index < -0.39 is 0 Å². The molecule has 6 nitrogen and oxygen atoms in total. The van der Waals surface area contributed by atoms with Gasteiger partial charge in [-0.05, 0) is 38.9 Å². The average Bonchev–Trinajstić information content (AvgIpc) is 2.82. The minimum Gasteiger partial charge on any atom is -0.328 e. The van der Waals surface area contributed by atoms with Gasteiger partial charge in [0.15, 0.2) is 5.82 Å². The lowest BCUT2D eigenvalue weighted by Crippen LogP contribution is -2.46. The molecule has 0 aliphatic carbocycles. The molecule has 1 N–H and O–H groups in total. The normalized spacial score (nSPS) is 23.5. The second-order valence-electron chi connectivity index (χ2n) is 6.20. The van der Waals surface area contributed by atoms with E-state index in [0.717, 1.165) is 49.1 Å². The van der Waals surface area contributed by atoms with Gasteiger partial charge in [0, 0.05) is 31.3 Å². The Morgan fingerprint density at radius 2 is 2.18 bits per heavy atom. The summed E-state index contributed by atoms with van der Waals surface area (Å²) in [4.78, 5) is 14.5. The number of thioether (sulfide) groups is 1. The number of fused-ring (bicyclic) bond motifs is 1. The van der Waals surface area contributed by atoms with Crippen molar-refractivity contribution in [1.29, 1.82) is 0 Å². The molecule has 0 aromatic carbocycles. The number of rotatable bonds is 2. The zero-order valence-corrected chi connectivity index (χ0v) is 14.2. The Bertz CT molecular complexity index is 532. The van der Waals surface area contributed by atoms with E-state index in [-0.39, 0.29) is 12.1 Å². The highest BCUT2D eigenvalue weighted by Gasteiger charge is 2.26. The Balaban J connectivity index is 1.67. The predicted molar refractivity (Wildman–Crippen MR) is 88.0 cm³/mol. The lowest BCUT2D eigenvalue weighted by molar-refractivity contribution is 0.179. The Labute approximate surface area is 136 Å². The van der Waals surface area contributed by atoms with E-state index in [9.17, 15) is 4.79 Å². The van der Waals surface area contributed by atoms with E-state index in [1.54, 1.807) is 0 Å². The van der Waals surface area contributed by atoms with Gasteiger partial charge in [0.1, 0.15) is 5.82 Å². The second kappa shape index (κ2) is 6.89. The maximum Gasteiger partial charge on any atom is 0.318 e. The molecule has 2 atom stereocenters. The van der Waals surface area contributed by atoms with Gasteiger partial charge in [-0.3, -0.25) is 0 Å². The Hall–Kier alpha value is -1.24. The van der Waals surface area contributed by atoms with Gasteiger partial charge in [0.25, 0.3) is 0 Å². The van der Waals surface area contributed by atoms with E-state index in [1.165, 1.54) is 12.8 Å². The van der Waals surface area contributed by atoms with Crippen molar-refractivity contribution in [2.75, 3.05) is 18.1 Å². The quantitative estimate of drug-likeness (QED) is 0.906. The van der Waals surface area contributed by atoms with Gasteiger partial charge < -0.3 is 14.8 Å². The molecular weight excluding hydrogens is 298 g/mol. The number of aryl methyl sites for hydroxylation is 1.